The lowest BCUT2D eigenvalue weighted by Crippen LogP contribution is -2.28. The Hall–Kier alpha value is -1.18. The molecule has 0 amide bonds. The molecule has 0 aliphatic heterocycles. The molecule has 3 rings (SSSR count). The fourth-order valence-corrected chi connectivity index (χ4v) is 2.27. The average molecular weight is 216 g/mol. The quantitative estimate of drug-likeness (QED) is 0.784. The minimum atomic E-state index is 0.809. The third-order valence-corrected chi connectivity index (χ3v) is 3.72. The van der Waals surface area contributed by atoms with Crippen LogP contribution >= 0.6 is 0 Å². The Morgan fingerprint density at radius 2 is 2.00 bits per heavy atom. The van der Waals surface area contributed by atoms with Gasteiger partial charge < -0.3 is 10.6 Å². The van der Waals surface area contributed by atoms with Gasteiger partial charge in [0.1, 0.15) is 0 Å². The first-order chi connectivity index (χ1) is 7.74. The maximum absolute atomic E-state index is 5.88. The topological polar surface area (TPSA) is 29.3 Å². The highest BCUT2D eigenvalue weighted by Gasteiger charge is 2.33. The van der Waals surface area contributed by atoms with Crippen LogP contribution in [-0.2, 0) is 0 Å². The first kappa shape index (κ1) is 10.0. The van der Waals surface area contributed by atoms with Crippen molar-refractivity contribution < 1.29 is 0 Å². The molecule has 0 spiro atoms. The predicted octanol–water partition coefficient (Wildman–Crippen LogP) is 2.96. The molecule has 86 valence electrons. The zero-order valence-corrected chi connectivity index (χ0v) is 9.95. The second-order valence-electron chi connectivity index (χ2n) is 5.37. The largest absolute Gasteiger partial charge is 0.399 e. The number of hydrogen-bond acceptors (Lipinski definition) is 2. The van der Waals surface area contributed by atoms with Gasteiger partial charge in [0.15, 0.2) is 0 Å². The van der Waals surface area contributed by atoms with Crippen LogP contribution in [0.4, 0.5) is 11.4 Å². The molecule has 0 saturated heterocycles. The van der Waals surface area contributed by atoms with Gasteiger partial charge >= 0.3 is 0 Å². The Labute approximate surface area is 97.4 Å². The molecule has 0 radical (unpaired) electrons. The molecule has 16 heavy (non-hydrogen) atoms. The van der Waals surface area contributed by atoms with E-state index >= 15 is 0 Å². The maximum Gasteiger partial charge on any atom is 0.0372 e. The molecular formula is C14H20N2. The third kappa shape index (κ3) is 2.01. The van der Waals surface area contributed by atoms with Crippen LogP contribution in [0.25, 0.3) is 0 Å². The zero-order valence-electron chi connectivity index (χ0n) is 9.95. The van der Waals surface area contributed by atoms with Gasteiger partial charge in [0, 0.05) is 24.0 Å². The van der Waals surface area contributed by atoms with E-state index in [0.29, 0.717) is 0 Å². The van der Waals surface area contributed by atoms with Gasteiger partial charge in [-0.2, -0.15) is 0 Å². The summed E-state index contributed by atoms with van der Waals surface area (Å²) < 4.78 is 0. The summed E-state index contributed by atoms with van der Waals surface area (Å²) in [6.07, 6.45) is 5.60. The summed E-state index contributed by atoms with van der Waals surface area (Å²) in [4.78, 5) is 2.60. The summed E-state index contributed by atoms with van der Waals surface area (Å²) in [5.41, 5.74) is 9.37. The Bertz CT molecular complexity index is 392. The molecule has 0 unspecified atom stereocenters. The van der Waals surface area contributed by atoms with Gasteiger partial charge in [-0.05, 0) is 62.3 Å². The second-order valence-corrected chi connectivity index (χ2v) is 5.37. The first-order valence-corrected chi connectivity index (χ1v) is 6.37. The number of aryl methyl sites for hydroxylation is 1. The molecule has 2 nitrogen and oxygen atoms in total. The summed E-state index contributed by atoms with van der Waals surface area (Å²) in [7, 11) is 0. The first-order valence-electron chi connectivity index (χ1n) is 6.37. The van der Waals surface area contributed by atoms with Gasteiger partial charge in [-0.3, -0.25) is 0 Å². The van der Waals surface area contributed by atoms with E-state index in [-0.39, 0.29) is 0 Å². The van der Waals surface area contributed by atoms with Crippen LogP contribution in [0.3, 0.4) is 0 Å². The van der Waals surface area contributed by atoms with Crippen LogP contribution in [0.15, 0.2) is 18.2 Å². The fourth-order valence-electron chi connectivity index (χ4n) is 2.27. The van der Waals surface area contributed by atoms with Crippen LogP contribution in [0.2, 0.25) is 0 Å². The zero-order chi connectivity index (χ0) is 11.1. The van der Waals surface area contributed by atoms with E-state index in [4.69, 9.17) is 5.73 Å². The lowest BCUT2D eigenvalue weighted by molar-refractivity contribution is 0.719. The second kappa shape index (κ2) is 3.69. The predicted molar refractivity (Wildman–Crippen MR) is 68.7 cm³/mol. The van der Waals surface area contributed by atoms with Gasteiger partial charge in [0.2, 0.25) is 0 Å². The third-order valence-electron chi connectivity index (χ3n) is 3.72. The SMILES string of the molecule is Cc1cc(N(CC2CC2)C2CC2)ccc1N. The molecule has 1 aromatic rings. The van der Waals surface area contributed by atoms with E-state index in [1.54, 1.807) is 0 Å². The minimum Gasteiger partial charge on any atom is -0.399 e. The number of nitrogens with two attached hydrogens (primary N) is 1. The molecule has 2 N–H and O–H groups in total. The van der Waals surface area contributed by atoms with E-state index in [9.17, 15) is 0 Å². The highest BCUT2D eigenvalue weighted by atomic mass is 15.2. The summed E-state index contributed by atoms with van der Waals surface area (Å²) in [6.45, 7) is 3.36. The lowest BCUT2D eigenvalue weighted by atomic mass is 10.1. The van der Waals surface area contributed by atoms with Crippen molar-refractivity contribution in [2.75, 3.05) is 17.2 Å². The van der Waals surface area contributed by atoms with Crippen LogP contribution in [0.1, 0.15) is 31.2 Å². The summed E-state index contributed by atoms with van der Waals surface area (Å²) in [5.74, 6) is 0.957. The van der Waals surface area contributed by atoms with E-state index in [1.165, 1.54) is 43.5 Å². The van der Waals surface area contributed by atoms with Crippen LogP contribution in [0.5, 0.6) is 0 Å². The molecule has 0 atom stereocenters. The van der Waals surface area contributed by atoms with Crippen molar-refractivity contribution in [2.45, 2.75) is 38.6 Å². The van der Waals surface area contributed by atoms with Crippen molar-refractivity contribution >= 4 is 11.4 Å². The van der Waals surface area contributed by atoms with Crippen LogP contribution in [0, 0.1) is 12.8 Å². The highest BCUT2D eigenvalue weighted by molar-refractivity contribution is 5.59. The highest BCUT2D eigenvalue weighted by Crippen LogP contribution is 2.38. The minimum absolute atomic E-state index is 0.809. The molecule has 2 saturated carbocycles. The van der Waals surface area contributed by atoms with Crippen molar-refractivity contribution in [3.8, 4) is 0 Å². The number of hydrogen-bond donors (Lipinski definition) is 1. The van der Waals surface area contributed by atoms with E-state index in [1.807, 2.05) is 6.07 Å². The smallest absolute Gasteiger partial charge is 0.0372 e. The maximum atomic E-state index is 5.88. The molecular weight excluding hydrogens is 196 g/mol. The van der Waals surface area contributed by atoms with Gasteiger partial charge in [-0.1, -0.05) is 0 Å². The monoisotopic (exact) mass is 216 g/mol. The number of rotatable bonds is 4. The van der Waals surface area contributed by atoms with Crippen LogP contribution < -0.4 is 10.6 Å². The lowest BCUT2D eigenvalue weighted by Gasteiger charge is -2.25. The van der Waals surface area contributed by atoms with E-state index in [0.717, 1.165) is 17.6 Å². The van der Waals surface area contributed by atoms with Crippen molar-refractivity contribution in [3.63, 3.8) is 0 Å². The van der Waals surface area contributed by atoms with E-state index < -0.39 is 0 Å². The normalized spacial score (nSPS) is 19.8. The van der Waals surface area contributed by atoms with Crippen molar-refractivity contribution in [1.82, 2.24) is 0 Å². The van der Waals surface area contributed by atoms with Crippen LogP contribution in [-0.4, -0.2) is 12.6 Å². The van der Waals surface area contributed by atoms with Crippen molar-refractivity contribution in [3.05, 3.63) is 23.8 Å². The number of nitrogen functional groups attached to an aromatic ring is 1. The molecule has 1 aromatic carbocycles. The molecule has 0 heterocycles. The van der Waals surface area contributed by atoms with Gasteiger partial charge in [-0.25, -0.2) is 0 Å². The standard InChI is InChI=1S/C14H20N2/c1-10-8-13(6-7-14(10)15)16(12-4-5-12)9-11-2-3-11/h6-8,11-12H,2-5,9,15H2,1H3. The number of benzene rings is 1. The van der Waals surface area contributed by atoms with Gasteiger partial charge in [-0.15, -0.1) is 0 Å². The summed E-state index contributed by atoms with van der Waals surface area (Å²) in [5, 5.41) is 0. The number of anilines is 2. The summed E-state index contributed by atoms with van der Waals surface area (Å²) >= 11 is 0. The van der Waals surface area contributed by atoms with Crippen molar-refractivity contribution in [1.29, 1.82) is 0 Å². The fraction of sp³-hybridized carbons (Fsp3) is 0.571. The van der Waals surface area contributed by atoms with Gasteiger partial charge in [0.25, 0.3) is 0 Å². The van der Waals surface area contributed by atoms with Gasteiger partial charge in [0.05, 0.1) is 0 Å². The molecule has 2 aliphatic rings. The Morgan fingerprint density at radius 1 is 1.25 bits per heavy atom. The molecule has 0 aromatic heterocycles. The molecule has 2 heteroatoms. The molecule has 2 fully saturated rings. The average Bonchev–Trinajstić information content (AvgIpc) is 3.13. The molecule has 0 bridgehead atoms. The number of nitrogens with zero attached hydrogens (tertiary/aromatic N) is 1. The van der Waals surface area contributed by atoms with Crippen molar-refractivity contribution in [2.24, 2.45) is 5.92 Å². The Balaban J connectivity index is 1.82. The van der Waals surface area contributed by atoms with E-state index in [2.05, 4.69) is 24.0 Å². The molecule has 2 aliphatic carbocycles. The summed E-state index contributed by atoms with van der Waals surface area (Å²) in [6, 6.07) is 7.29. The Kier molecular flexibility index (Phi) is 2.31. The Morgan fingerprint density at radius 3 is 2.56 bits per heavy atom.